The van der Waals surface area contributed by atoms with Crippen LogP contribution in [-0.4, -0.2) is 4.98 Å². The number of aromatic amines is 1. The third-order valence-corrected chi connectivity index (χ3v) is 2.74. The van der Waals surface area contributed by atoms with Crippen LogP contribution in [-0.2, 0) is 6.42 Å². The Bertz CT molecular complexity index is 447. The van der Waals surface area contributed by atoms with Gasteiger partial charge in [-0.05, 0) is 34.5 Å². The molecule has 2 rings (SSSR count). The molecule has 0 saturated heterocycles. The summed E-state index contributed by atoms with van der Waals surface area (Å²) in [6.07, 6.45) is 0.895. The number of hydrogen-bond acceptors (Lipinski definition) is 0. The summed E-state index contributed by atoms with van der Waals surface area (Å²) in [5.41, 5.74) is 1.65. The van der Waals surface area contributed by atoms with Crippen LogP contribution >= 0.6 is 15.9 Å². The van der Waals surface area contributed by atoms with Gasteiger partial charge < -0.3 is 4.98 Å². The summed E-state index contributed by atoms with van der Waals surface area (Å²) in [4.78, 5) is 3.05. The van der Waals surface area contributed by atoms with Gasteiger partial charge in [-0.15, -0.1) is 0 Å². The van der Waals surface area contributed by atoms with Crippen LogP contribution in [0, 0.1) is 5.82 Å². The molecule has 1 N–H and O–H groups in total. The Morgan fingerprint density at radius 2 is 2.23 bits per heavy atom. The molecule has 0 aliphatic carbocycles. The molecule has 0 radical (unpaired) electrons. The fourth-order valence-corrected chi connectivity index (χ4v) is 1.72. The van der Waals surface area contributed by atoms with E-state index in [2.05, 4.69) is 20.9 Å². The number of aryl methyl sites for hydroxylation is 1. The number of hydrogen-bond donors (Lipinski definition) is 1. The Morgan fingerprint density at radius 1 is 1.46 bits per heavy atom. The second-order valence-electron chi connectivity index (χ2n) is 2.97. The van der Waals surface area contributed by atoms with E-state index in [9.17, 15) is 4.39 Å². The first kappa shape index (κ1) is 8.75. The first-order valence-corrected chi connectivity index (χ1v) is 4.97. The summed E-state index contributed by atoms with van der Waals surface area (Å²) < 4.78 is 14.0. The summed E-state index contributed by atoms with van der Waals surface area (Å²) in [7, 11) is 0. The summed E-state index contributed by atoms with van der Waals surface area (Å²) in [6.45, 7) is 2.04. The third-order valence-electron chi connectivity index (χ3n) is 2.12. The minimum atomic E-state index is -0.211. The quantitative estimate of drug-likeness (QED) is 0.785. The highest BCUT2D eigenvalue weighted by Gasteiger charge is 2.07. The van der Waals surface area contributed by atoms with Gasteiger partial charge in [-0.2, -0.15) is 0 Å². The van der Waals surface area contributed by atoms with Crippen LogP contribution in [0.4, 0.5) is 4.39 Å². The van der Waals surface area contributed by atoms with Crippen molar-refractivity contribution >= 4 is 26.8 Å². The number of aromatic nitrogens is 1. The Morgan fingerprint density at radius 3 is 2.92 bits per heavy atom. The van der Waals surface area contributed by atoms with Crippen molar-refractivity contribution in [1.29, 1.82) is 0 Å². The molecule has 13 heavy (non-hydrogen) atoms. The molecule has 3 heteroatoms. The van der Waals surface area contributed by atoms with Gasteiger partial charge in [0.05, 0.1) is 9.99 Å². The number of rotatable bonds is 1. The van der Waals surface area contributed by atoms with Crippen LogP contribution in [0.15, 0.2) is 22.7 Å². The highest BCUT2D eigenvalue weighted by Crippen LogP contribution is 2.25. The Kier molecular flexibility index (Phi) is 2.12. The molecule has 1 aromatic heterocycles. The Balaban J connectivity index is 2.76. The molecular formula is C10H9BrFN. The van der Waals surface area contributed by atoms with Crippen LogP contribution in [0.2, 0.25) is 0 Å². The maximum absolute atomic E-state index is 13.5. The normalized spacial score (nSPS) is 11.0. The van der Waals surface area contributed by atoms with Gasteiger partial charge >= 0.3 is 0 Å². The van der Waals surface area contributed by atoms with E-state index < -0.39 is 0 Å². The van der Waals surface area contributed by atoms with Gasteiger partial charge in [0.25, 0.3) is 0 Å². The first-order chi connectivity index (χ1) is 6.22. The molecule has 0 saturated carbocycles. The number of H-pyrrole nitrogens is 1. The number of halogens is 2. The molecular weight excluding hydrogens is 233 g/mol. The summed E-state index contributed by atoms with van der Waals surface area (Å²) in [5.74, 6) is -0.211. The molecule has 68 valence electrons. The predicted molar refractivity (Wildman–Crippen MR) is 55.3 cm³/mol. The van der Waals surface area contributed by atoms with Crippen LogP contribution < -0.4 is 0 Å². The second kappa shape index (κ2) is 3.14. The lowest BCUT2D eigenvalue weighted by Gasteiger charge is -1.94. The van der Waals surface area contributed by atoms with E-state index in [4.69, 9.17) is 0 Å². The molecule has 2 aromatic rings. The van der Waals surface area contributed by atoms with Crippen molar-refractivity contribution in [2.45, 2.75) is 13.3 Å². The van der Waals surface area contributed by atoms with E-state index in [0.29, 0.717) is 9.99 Å². The van der Waals surface area contributed by atoms with Crippen molar-refractivity contribution in [2.24, 2.45) is 0 Å². The fourth-order valence-electron chi connectivity index (χ4n) is 1.39. The van der Waals surface area contributed by atoms with Gasteiger partial charge in [-0.25, -0.2) is 4.39 Å². The van der Waals surface area contributed by atoms with Crippen molar-refractivity contribution in [1.82, 2.24) is 4.98 Å². The largest absolute Gasteiger partial charge is 0.356 e. The maximum atomic E-state index is 13.5. The topological polar surface area (TPSA) is 15.8 Å². The summed E-state index contributed by atoms with van der Waals surface area (Å²) in [6, 6.07) is 5.61. The zero-order valence-electron chi connectivity index (χ0n) is 7.20. The molecule has 0 spiro atoms. The van der Waals surface area contributed by atoms with E-state index >= 15 is 0 Å². The Labute approximate surface area is 84.1 Å². The van der Waals surface area contributed by atoms with Crippen LogP contribution in [0.1, 0.15) is 12.6 Å². The monoisotopic (exact) mass is 241 g/mol. The van der Waals surface area contributed by atoms with E-state index in [1.807, 2.05) is 19.1 Å². The average Bonchev–Trinajstić information content (AvgIpc) is 2.55. The zero-order chi connectivity index (χ0) is 9.42. The third kappa shape index (κ3) is 1.37. The van der Waals surface area contributed by atoms with Crippen LogP contribution in [0.25, 0.3) is 10.9 Å². The van der Waals surface area contributed by atoms with Gasteiger partial charge in [0.1, 0.15) is 0 Å². The lowest BCUT2D eigenvalue weighted by Crippen LogP contribution is -1.81. The number of benzene rings is 1. The molecule has 1 heterocycles. The first-order valence-electron chi connectivity index (χ1n) is 4.18. The molecule has 0 aliphatic heterocycles. The molecule has 0 aliphatic rings. The SMILES string of the molecule is CCc1cc2ccc(Br)c(F)c2[nH]1. The fraction of sp³-hybridized carbons (Fsp3) is 0.200. The summed E-state index contributed by atoms with van der Waals surface area (Å²) >= 11 is 3.15. The van der Waals surface area contributed by atoms with Crippen molar-refractivity contribution < 1.29 is 4.39 Å². The minimum absolute atomic E-state index is 0.211. The molecule has 0 bridgehead atoms. The summed E-state index contributed by atoms with van der Waals surface area (Å²) in [5, 5.41) is 0.928. The van der Waals surface area contributed by atoms with E-state index in [1.165, 1.54) is 0 Å². The van der Waals surface area contributed by atoms with E-state index in [0.717, 1.165) is 17.5 Å². The van der Waals surface area contributed by atoms with E-state index in [1.54, 1.807) is 6.07 Å². The Hall–Kier alpha value is -0.830. The van der Waals surface area contributed by atoms with Gasteiger partial charge in [0, 0.05) is 11.1 Å². The number of nitrogens with one attached hydrogen (secondary N) is 1. The molecule has 0 amide bonds. The van der Waals surface area contributed by atoms with E-state index in [-0.39, 0.29) is 5.82 Å². The lowest BCUT2D eigenvalue weighted by molar-refractivity contribution is 0.630. The molecule has 1 nitrogen and oxygen atoms in total. The molecule has 0 unspecified atom stereocenters. The van der Waals surface area contributed by atoms with Crippen LogP contribution in [0.5, 0.6) is 0 Å². The highest BCUT2D eigenvalue weighted by atomic mass is 79.9. The predicted octanol–water partition coefficient (Wildman–Crippen LogP) is 3.63. The average molecular weight is 242 g/mol. The zero-order valence-corrected chi connectivity index (χ0v) is 8.78. The van der Waals surface area contributed by atoms with Crippen molar-refractivity contribution in [3.05, 3.63) is 34.2 Å². The highest BCUT2D eigenvalue weighted by molar-refractivity contribution is 9.10. The molecule has 0 atom stereocenters. The standard InChI is InChI=1S/C10H9BrFN/c1-2-7-5-6-3-4-8(11)9(12)10(6)13-7/h3-5,13H,2H2,1H3. The smallest absolute Gasteiger partial charge is 0.161 e. The second-order valence-corrected chi connectivity index (χ2v) is 3.83. The minimum Gasteiger partial charge on any atom is -0.356 e. The van der Waals surface area contributed by atoms with Gasteiger partial charge in [-0.3, -0.25) is 0 Å². The molecule has 1 aromatic carbocycles. The maximum Gasteiger partial charge on any atom is 0.161 e. The van der Waals surface area contributed by atoms with Crippen molar-refractivity contribution in [3.63, 3.8) is 0 Å². The van der Waals surface area contributed by atoms with Crippen LogP contribution in [0.3, 0.4) is 0 Å². The van der Waals surface area contributed by atoms with Gasteiger partial charge in [0.15, 0.2) is 5.82 Å². The number of fused-ring (bicyclic) bond motifs is 1. The van der Waals surface area contributed by atoms with Crippen molar-refractivity contribution in [2.75, 3.05) is 0 Å². The molecule has 0 fully saturated rings. The van der Waals surface area contributed by atoms with Gasteiger partial charge in [0.2, 0.25) is 0 Å². The van der Waals surface area contributed by atoms with Crippen molar-refractivity contribution in [3.8, 4) is 0 Å². The van der Waals surface area contributed by atoms with Gasteiger partial charge in [-0.1, -0.05) is 13.0 Å². The lowest BCUT2D eigenvalue weighted by atomic mass is 10.2.